The van der Waals surface area contributed by atoms with E-state index in [1.165, 1.54) is 18.3 Å². The van der Waals surface area contributed by atoms with Gasteiger partial charge in [-0.05, 0) is 29.8 Å². The second-order valence-electron chi connectivity index (χ2n) is 6.22. The molecule has 0 atom stereocenters. The summed E-state index contributed by atoms with van der Waals surface area (Å²) in [5.74, 6) is 0.741. The summed E-state index contributed by atoms with van der Waals surface area (Å²) in [6.07, 6.45) is 1.44. The highest BCUT2D eigenvalue weighted by Gasteiger charge is 2.17. The highest BCUT2D eigenvalue weighted by molar-refractivity contribution is 14.1. The number of aliphatic imine (C=N–C) groups is 1. The number of H-pyrrole nitrogens is 1. The fraction of sp³-hybridized carbons (Fsp3) is 0.150. The number of benzene rings is 2. The van der Waals surface area contributed by atoms with Crippen molar-refractivity contribution in [3.63, 3.8) is 0 Å². The van der Waals surface area contributed by atoms with Crippen LogP contribution in [0, 0.1) is 17.1 Å². The zero-order valence-corrected chi connectivity index (χ0v) is 17.2. The van der Waals surface area contributed by atoms with E-state index in [1.807, 2.05) is 24.3 Å². The van der Waals surface area contributed by atoms with Crippen molar-refractivity contribution in [3.8, 4) is 11.8 Å². The molecule has 3 aromatic rings. The Morgan fingerprint density at radius 1 is 1.38 bits per heavy atom. The van der Waals surface area contributed by atoms with Crippen LogP contribution < -0.4 is 10.1 Å². The van der Waals surface area contributed by atoms with Gasteiger partial charge in [0.2, 0.25) is 0 Å². The molecule has 0 aliphatic carbocycles. The highest BCUT2D eigenvalue weighted by atomic mass is 127. The van der Waals surface area contributed by atoms with Crippen molar-refractivity contribution in [3.05, 3.63) is 64.5 Å². The molecular weight excluding hydrogens is 488 g/mol. The van der Waals surface area contributed by atoms with Crippen LogP contribution in [0.2, 0.25) is 0 Å². The lowest BCUT2D eigenvalue weighted by molar-refractivity contribution is -0.0166. The van der Waals surface area contributed by atoms with E-state index in [2.05, 4.69) is 49.2 Å². The van der Waals surface area contributed by atoms with Crippen LogP contribution in [0.25, 0.3) is 0 Å². The van der Waals surface area contributed by atoms with E-state index in [1.54, 1.807) is 0 Å². The molecule has 1 aliphatic rings. The second-order valence-corrected chi connectivity index (χ2v) is 6.98. The fourth-order valence-corrected chi connectivity index (χ4v) is 3.41. The minimum absolute atomic E-state index is 0.0929. The third kappa shape index (κ3) is 4.23. The molecule has 7 nitrogen and oxygen atoms in total. The van der Waals surface area contributed by atoms with Crippen LogP contribution in [0.5, 0.6) is 5.75 Å². The smallest absolute Gasteiger partial charge is 0.193 e. The van der Waals surface area contributed by atoms with Gasteiger partial charge in [0.15, 0.2) is 12.6 Å². The van der Waals surface area contributed by atoms with Crippen LogP contribution in [-0.4, -0.2) is 23.2 Å². The van der Waals surface area contributed by atoms with Gasteiger partial charge in [0.05, 0.1) is 6.61 Å². The molecule has 0 bridgehead atoms. The average Bonchev–Trinajstić information content (AvgIpc) is 3.13. The van der Waals surface area contributed by atoms with Crippen molar-refractivity contribution in [2.75, 3.05) is 12.1 Å². The lowest BCUT2D eigenvalue weighted by Crippen LogP contribution is -2.13. The van der Waals surface area contributed by atoms with Gasteiger partial charge in [0.1, 0.15) is 29.0 Å². The molecule has 0 saturated carbocycles. The van der Waals surface area contributed by atoms with Crippen LogP contribution in [-0.2, 0) is 15.8 Å². The minimum atomic E-state index is -0.417. The number of nitriles is 1. The van der Waals surface area contributed by atoms with Gasteiger partial charge in [-0.25, -0.2) is 9.38 Å². The molecule has 2 heterocycles. The molecule has 0 fully saturated rings. The first-order valence-electron chi connectivity index (χ1n) is 8.65. The van der Waals surface area contributed by atoms with Gasteiger partial charge in [-0.2, -0.15) is 10.4 Å². The third-order valence-electron chi connectivity index (χ3n) is 4.24. The largest absolute Gasteiger partial charge is 0.466 e. The predicted molar refractivity (Wildman–Crippen MR) is 115 cm³/mol. The number of aromatic nitrogens is 2. The first kappa shape index (κ1) is 19.4. The van der Waals surface area contributed by atoms with Gasteiger partial charge in [0, 0.05) is 27.5 Å². The summed E-state index contributed by atoms with van der Waals surface area (Å²) in [4.78, 5) is 4.27. The molecule has 1 aromatic heterocycles. The zero-order chi connectivity index (χ0) is 20.2. The zero-order valence-electron chi connectivity index (χ0n) is 15.1. The number of halogens is 2. The van der Waals surface area contributed by atoms with Crippen LogP contribution in [0.4, 0.5) is 21.7 Å². The number of hydrogen-bond donors (Lipinski definition) is 2. The molecule has 0 radical (unpaired) electrons. The van der Waals surface area contributed by atoms with Crippen LogP contribution in [0.1, 0.15) is 22.3 Å². The summed E-state index contributed by atoms with van der Waals surface area (Å²) in [7, 11) is 0. The number of ether oxygens (including phenoxy) is 2. The summed E-state index contributed by atoms with van der Waals surface area (Å²) in [6.45, 7) is 0.361. The molecule has 0 spiro atoms. The number of rotatable bonds is 5. The second kappa shape index (κ2) is 8.59. The monoisotopic (exact) mass is 503 g/mol. The van der Waals surface area contributed by atoms with Crippen molar-refractivity contribution < 1.29 is 13.9 Å². The van der Waals surface area contributed by atoms with Crippen molar-refractivity contribution >= 4 is 46.1 Å². The molecule has 9 heteroatoms. The molecule has 2 N–H and O–H groups in total. The van der Waals surface area contributed by atoms with E-state index < -0.39 is 5.82 Å². The van der Waals surface area contributed by atoms with Crippen molar-refractivity contribution in [1.29, 1.82) is 5.26 Å². The van der Waals surface area contributed by atoms with Crippen molar-refractivity contribution in [2.45, 2.75) is 11.0 Å². The Morgan fingerprint density at radius 3 is 3.10 bits per heavy atom. The van der Waals surface area contributed by atoms with Gasteiger partial charge in [-0.15, -0.1) is 0 Å². The van der Waals surface area contributed by atoms with E-state index in [9.17, 15) is 9.65 Å². The number of fused-ring (bicyclic) bond motifs is 1. The first-order chi connectivity index (χ1) is 14.2. The maximum atomic E-state index is 13.9. The average molecular weight is 503 g/mol. The van der Waals surface area contributed by atoms with Crippen molar-refractivity contribution in [2.24, 2.45) is 4.99 Å². The minimum Gasteiger partial charge on any atom is -0.466 e. The molecule has 4 rings (SSSR count). The molecule has 29 heavy (non-hydrogen) atoms. The van der Waals surface area contributed by atoms with Crippen LogP contribution in [0.15, 0.2) is 41.4 Å². The van der Waals surface area contributed by atoms with Gasteiger partial charge in [-0.1, -0.05) is 34.7 Å². The Balaban J connectivity index is 1.62. The Bertz CT molecular complexity index is 1120. The molecule has 0 amide bonds. The summed E-state index contributed by atoms with van der Waals surface area (Å²) >= 11 is 2.29. The molecular formula is C20H15FIN5O2. The Hall–Kier alpha value is -2.97. The Morgan fingerprint density at radius 2 is 2.28 bits per heavy atom. The quantitative estimate of drug-likeness (QED) is 0.299. The predicted octanol–water partition coefficient (Wildman–Crippen LogP) is 4.72. The van der Waals surface area contributed by atoms with E-state index in [-0.39, 0.29) is 24.8 Å². The summed E-state index contributed by atoms with van der Waals surface area (Å²) < 4.78 is 25.4. The van der Waals surface area contributed by atoms with Crippen LogP contribution >= 0.6 is 22.6 Å². The number of aromatic amines is 1. The lowest BCUT2D eigenvalue weighted by atomic mass is 10.1. The number of hydrogen-bond acceptors (Lipinski definition) is 6. The van der Waals surface area contributed by atoms with E-state index in [4.69, 9.17) is 9.47 Å². The molecule has 0 unspecified atom stereocenters. The summed E-state index contributed by atoms with van der Waals surface area (Å²) in [5, 5.41) is 19.6. The third-order valence-corrected chi connectivity index (χ3v) is 5.12. The topological polar surface area (TPSA) is 95.3 Å². The standard InChI is InChI=1S/C20H15FIN5O2/c21-15-5-13(18-14(6-15)10-28-11-29-18)9-24-19-17(8-23)20(27-26-19)25-16-3-1-2-12(4-16)7-22/h1-6,9H,7,10-11H2,(H2,25,26,27). The van der Waals surface area contributed by atoms with Gasteiger partial charge < -0.3 is 14.8 Å². The fourth-order valence-electron chi connectivity index (χ4n) is 2.93. The van der Waals surface area contributed by atoms with Crippen LogP contribution in [0.3, 0.4) is 0 Å². The van der Waals surface area contributed by atoms with Crippen molar-refractivity contribution in [1.82, 2.24) is 10.2 Å². The first-order valence-corrected chi connectivity index (χ1v) is 10.2. The number of alkyl halides is 1. The molecule has 146 valence electrons. The number of nitrogens with one attached hydrogen (secondary N) is 2. The maximum absolute atomic E-state index is 13.9. The van der Waals surface area contributed by atoms with E-state index in [0.717, 1.165) is 15.7 Å². The SMILES string of the molecule is N#Cc1c(N=Cc2cc(F)cc3c2OCOC3)n[nH]c1Nc1cccc(CI)c1. The highest BCUT2D eigenvalue weighted by Crippen LogP contribution is 2.30. The number of nitrogens with zero attached hydrogens (tertiary/aromatic N) is 3. The van der Waals surface area contributed by atoms with Gasteiger partial charge >= 0.3 is 0 Å². The van der Waals surface area contributed by atoms with Gasteiger partial charge in [0.25, 0.3) is 0 Å². The van der Waals surface area contributed by atoms with E-state index >= 15 is 0 Å². The normalized spacial score (nSPS) is 13.0. The lowest BCUT2D eigenvalue weighted by Gasteiger charge is -2.19. The van der Waals surface area contributed by atoms with E-state index in [0.29, 0.717) is 22.7 Å². The molecule has 2 aromatic carbocycles. The molecule has 1 aliphatic heterocycles. The number of anilines is 2. The Kier molecular flexibility index (Phi) is 5.73. The summed E-state index contributed by atoms with van der Waals surface area (Å²) in [5.41, 5.74) is 3.32. The Labute approximate surface area is 179 Å². The maximum Gasteiger partial charge on any atom is 0.193 e. The van der Waals surface area contributed by atoms with Gasteiger partial charge in [-0.3, -0.25) is 5.10 Å². The summed E-state index contributed by atoms with van der Waals surface area (Å²) in [6, 6.07) is 12.7. The molecule has 0 saturated heterocycles.